The van der Waals surface area contributed by atoms with Gasteiger partial charge in [-0.1, -0.05) is 0 Å². The Balaban J connectivity index is 1.59. The van der Waals surface area contributed by atoms with Crippen LogP contribution in [-0.4, -0.2) is 41.1 Å². The van der Waals surface area contributed by atoms with Crippen molar-refractivity contribution in [2.45, 2.75) is 19.5 Å². The van der Waals surface area contributed by atoms with E-state index in [4.69, 9.17) is 18.9 Å². The van der Waals surface area contributed by atoms with Gasteiger partial charge in [-0.05, 0) is 36.8 Å². The number of aryl methyl sites for hydroxylation is 1. The van der Waals surface area contributed by atoms with Crippen LogP contribution in [0.15, 0.2) is 47.5 Å². The molecule has 0 spiro atoms. The lowest BCUT2D eigenvalue weighted by molar-refractivity contribution is 0.104. The second-order valence-electron chi connectivity index (χ2n) is 8.14. The van der Waals surface area contributed by atoms with Gasteiger partial charge in [0.25, 0.3) is 5.56 Å². The molecule has 34 heavy (non-hydrogen) atoms. The summed E-state index contributed by atoms with van der Waals surface area (Å²) in [6.07, 6.45) is 4.25. The summed E-state index contributed by atoms with van der Waals surface area (Å²) in [7, 11) is 3.04. The predicted octanol–water partition coefficient (Wildman–Crippen LogP) is 3.25. The first-order chi connectivity index (χ1) is 16.6. The number of carbonyl (C=O) groups is 1. The van der Waals surface area contributed by atoms with Gasteiger partial charge >= 0.3 is 0 Å². The monoisotopic (exact) mass is 459 g/mol. The van der Waals surface area contributed by atoms with E-state index < -0.39 is 0 Å². The molecule has 1 aliphatic carbocycles. The van der Waals surface area contributed by atoms with E-state index >= 15 is 0 Å². The third-order valence-corrected chi connectivity index (χ3v) is 6.34. The first kappa shape index (κ1) is 20.3. The number of aromatic nitrogens is 3. The Kier molecular flexibility index (Phi) is 4.58. The number of benzene rings is 2. The SMILES string of the molecule is COc1cc2c3c(n(CCCn4cccn4)c(=O)c2cc1OC)-c1cc2c(cc1C3=O)OCO2. The number of nitrogens with zero attached hydrogens (tertiary/aromatic N) is 3. The van der Waals surface area contributed by atoms with Gasteiger partial charge in [-0.25, -0.2) is 0 Å². The van der Waals surface area contributed by atoms with Gasteiger partial charge in [0, 0.05) is 42.0 Å². The molecule has 0 saturated heterocycles. The molecular weight excluding hydrogens is 438 g/mol. The molecule has 0 bridgehead atoms. The molecule has 0 radical (unpaired) electrons. The largest absolute Gasteiger partial charge is 0.493 e. The van der Waals surface area contributed by atoms with Crippen LogP contribution in [0.4, 0.5) is 0 Å². The zero-order chi connectivity index (χ0) is 23.4. The molecule has 9 nitrogen and oxygen atoms in total. The molecule has 0 saturated carbocycles. The molecule has 172 valence electrons. The lowest BCUT2D eigenvalue weighted by Crippen LogP contribution is -2.24. The highest BCUT2D eigenvalue weighted by Gasteiger charge is 2.35. The Morgan fingerprint density at radius 1 is 0.941 bits per heavy atom. The maximum atomic E-state index is 13.8. The summed E-state index contributed by atoms with van der Waals surface area (Å²) >= 11 is 0. The number of methoxy groups -OCH3 is 2. The summed E-state index contributed by atoms with van der Waals surface area (Å²) < 4.78 is 25.4. The number of carbonyl (C=O) groups excluding carboxylic acids is 1. The van der Waals surface area contributed by atoms with E-state index in [0.717, 1.165) is 0 Å². The van der Waals surface area contributed by atoms with Crippen LogP contribution >= 0.6 is 0 Å². The van der Waals surface area contributed by atoms with E-state index in [-0.39, 0.29) is 18.1 Å². The van der Waals surface area contributed by atoms with Gasteiger partial charge in [-0.3, -0.25) is 14.3 Å². The normalized spacial score (nSPS) is 13.3. The second kappa shape index (κ2) is 7.65. The van der Waals surface area contributed by atoms with Crippen molar-refractivity contribution in [3.8, 4) is 34.3 Å². The Morgan fingerprint density at radius 2 is 1.65 bits per heavy atom. The summed E-state index contributed by atoms with van der Waals surface area (Å²) in [5.41, 5.74) is 2.00. The zero-order valence-electron chi connectivity index (χ0n) is 18.7. The van der Waals surface area contributed by atoms with Crippen LogP contribution in [0, 0.1) is 0 Å². The predicted molar refractivity (Wildman–Crippen MR) is 123 cm³/mol. The van der Waals surface area contributed by atoms with Crippen LogP contribution in [0.3, 0.4) is 0 Å². The van der Waals surface area contributed by atoms with Gasteiger partial charge in [0.15, 0.2) is 28.8 Å². The van der Waals surface area contributed by atoms with E-state index in [9.17, 15) is 9.59 Å². The lowest BCUT2D eigenvalue weighted by atomic mass is 10.0. The van der Waals surface area contributed by atoms with E-state index in [1.54, 1.807) is 35.0 Å². The Morgan fingerprint density at radius 3 is 2.32 bits per heavy atom. The topological polar surface area (TPSA) is 93.8 Å². The average molecular weight is 459 g/mol. The molecule has 1 aliphatic heterocycles. The van der Waals surface area contributed by atoms with Gasteiger partial charge in [0.2, 0.25) is 6.79 Å². The standard InChI is InChI=1S/C25H21N3O6/c1-31-18-9-14-17(12-19(18)32-2)25(30)28(8-4-7-27-6-3-5-26-27)23-15-10-20-21(34-13-33-20)11-16(15)24(29)22(14)23/h3,5-6,9-12H,4,7-8,13H2,1-2H3. The summed E-state index contributed by atoms with van der Waals surface area (Å²) in [4.78, 5) is 27.5. The Hall–Kier alpha value is -4.27. The molecule has 0 fully saturated rings. The van der Waals surface area contributed by atoms with Crippen molar-refractivity contribution < 1.29 is 23.7 Å². The van der Waals surface area contributed by atoms with E-state index in [2.05, 4.69) is 5.10 Å². The fourth-order valence-corrected chi connectivity index (χ4v) is 4.78. The first-order valence-corrected chi connectivity index (χ1v) is 10.9. The highest BCUT2D eigenvalue weighted by molar-refractivity contribution is 6.27. The highest BCUT2D eigenvalue weighted by atomic mass is 16.7. The molecule has 9 heteroatoms. The van der Waals surface area contributed by atoms with Crippen molar-refractivity contribution >= 4 is 16.6 Å². The Bertz CT molecular complexity index is 1520. The molecule has 0 unspecified atom stereocenters. The molecule has 0 atom stereocenters. The van der Waals surface area contributed by atoms with Crippen LogP contribution < -0.4 is 24.5 Å². The van der Waals surface area contributed by atoms with Gasteiger partial charge in [-0.2, -0.15) is 5.10 Å². The van der Waals surface area contributed by atoms with Crippen molar-refractivity contribution in [3.63, 3.8) is 0 Å². The molecule has 4 aromatic rings. The van der Waals surface area contributed by atoms with Crippen LogP contribution in [0.25, 0.3) is 22.0 Å². The zero-order valence-corrected chi connectivity index (χ0v) is 18.7. The quantitative estimate of drug-likeness (QED) is 0.385. The summed E-state index contributed by atoms with van der Waals surface area (Å²) in [5.74, 6) is 1.80. The average Bonchev–Trinajstić information content (AvgIpc) is 3.59. The van der Waals surface area contributed by atoms with Crippen LogP contribution in [-0.2, 0) is 13.1 Å². The number of ketones is 1. The highest BCUT2D eigenvalue weighted by Crippen LogP contribution is 2.46. The summed E-state index contributed by atoms with van der Waals surface area (Å²) in [5, 5.41) is 5.17. The minimum atomic E-state index is -0.200. The fraction of sp³-hybridized carbons (Fsp3) is 0.240. The number of pyridine rings is 1. The summed E-state index contributed by atoms with van der Waals surface area (Å²) in [6.45, 7) is 1.15. The van der Waals surface area contributed by atoms with E-state index in [1.807, 2.05) is 16.9 Å². The number of hydrogen-bond donors (Lipinski definition) is 0. The molecule has 2 aromatic carbocycles. The smallest absolute Gasteiger partial charge is 0.259 e. The number of ether oxygens (including phenoxy) is 4. The first-order valence-electron chi connectivity index (χ1n) is 10.9. The summed E-state index contributed by atoms with van der Waals surface area (Å²) in [6, 6.07) is 8.69. The van der Waals surface area contributed by atoms with Crippen molar-refractivity contribution in [1.29, 1.82) is 0 Å². The minimum absolute atomic E-state index is 0.102. The van der Waals surface area contributed by atoms with E-state index in [0.29, 0.717) is 75.7 Å². The van der Waals surface area contributed by atoms with Gasteiger partial charge in [-0.15, -0.1) is 0 Å². The lowest BCUT2D eigenvalue weighted by Gasteiger charge is -2.17. The van der Waals surface area contributed by atoms with Gasteiger partial charge < -0.3 is 23.5 Å². The van der Waals surface area contributed by atoms with Gasteiger partial charge in [0.1, 0.15) is 0 Å². The molecule has 0 amide bonds. The molecule has 2 aliphatic rings. The maximum Gasteiger partial charge on any atom is 0.259 e. The fourth-order valence-electron chi connectivity index (χ4n) is 4.78. The van der Waals surface area contributed by atoms with Crippen molar-refractivity contribution in [1.82, 2.24) is 14.3 Å². The van der Waals surface area contributed by atoms with E-state index in [1.165, 1.54) is 14.2 Å². The third kappa shape index (κ3) is 2.89. The second-order valence-corrected chi connectivity index (χ2v) is 8.14. The molecule has 0 N–H and O–H groups in total. The molecule has 3 heterocycles. The molecule has 2 aromatic heterocycles. The number of fused-ring (bicyclic) bond motifs is 6. The van der Waals surface area contributed by atoms with Crippen molar-refractivity contribution in [2.24, 2.45) is 0 Å². The maximum absolute atomic E-state index is 13.8. The van der Waals surface area contributed by atoms with Crippen LogP contribution in [0.2, 0.25) is 0 Å². The van der Waals surface area contributed by atoms with Crippen molar-refractivity contribution in [2.75, 3.05) is 21.0 Å². The minimum Gasteiger partial charge on any atom is -0.493 e. The van der Waals surface area contributed by atoms with Gasteiger partial charge in [0.05, 0.1) is 30.9 Å². The number of rotatable bonds is 6. The Labute approximate surface area is 194 Å². The van der Waals surface area contributed by atoms with Crippen molar-refractivity contribution in [3.05, 3.63) is 64.2 Å². The molecular formula is C25H21N3O6. The van der Waals surface area contributed by atoms with Crippen LogP contribution in [0.1, 0.15) is 22.3 Å². The number of hydrogen-bond acceptors (Lipinski definition) is 7. The third-order valence-electron chi connectivity index (χ3n) is 6.34. The van der Waals surface area contributed by atoms with Crippen LogP contribution in [0.5, 0.6) is 23.0 Å². The molecule has 6 rings (SSSR count).